The Balaban J connectivity index is 1.79. The molecule has 0 aromatic heterocycles. The SMILES string of the molecule is COc1ccccc1NC(=O)[C@H]1CS[C@]2(C)CCC(=O)N12. The molecule has 6 heteroatoms. The number of nitrogens with one attached hydrogen (secondary N) is 1. The van der Waals surface area contributed by atoms with Crippen LogP contribution in [0.3, 0.4) is 0 Å². The van der Waals surface area contributed by atoms with Gasteiger partial charge in [0.2, 0.25) is 11.8 Å². The third kappa shape index (κ3) is 2.37. The largest absolute Gasteiger partial charge is 0.495 e. The minimum Gasteiger partial charge on any atom is -0.495 e. The van der Waals surface area contributed by atoms with Gasteiger partial charge in [-0.1, -0.05) is 12.1 Å². The summed E-state index contributed by atoms with van der Waals surface area (Å²) in [5.41, 5.74) is 0.634. The van der Waals surface area contributed by atoms with Crippen molar-refractivity contribution in [2.75, 3.05) is 18.2 Å². The van der Waals surface area contributed by atoms with Crippen LogP contribution in [-0.4, -0.2) is 40.5 Å². The average molecular weight is 306 g/mol. The molecule has 1 aromatic rings. The highest BCUT2D eigenvalue weighted by Gasteiger charge is 2.52. The van der Waals surface area contributed by atoms with Crippen LogP contribution in [0, 0.1) is 0 Å². The van der Waals surface area contributed by atoms with E-state index in [1.54, 1.807) is 35.9 Å². The molecule has 0 spiro atoms. The highest BCUT2D eigenvalue weighted by Crippen LogP contribution is 2.47. The monoisotopic (exact) mass is 306 g/mol. The summed E-state index contributed by atoms with van der Waals surface area (Å²) in [4.78, 5) is 26.1. The fourth-order valence-corrected chi connectivity index (χ4v) is 4.41. The minimum atomic E-state index is -0.403. The summed E-state index contributed by atoms with van der Waals surface area (Å²) in [6, 6.07) is 6.88. The number of carbonyl (C=O) groups excluding carboxylic acids is 2. The Morgan fingerprint density at radius 2 is 2.24 bits per heavy atom. The van der Waals surface area contributed by atoms with E-state index in [4.69, 9.17) is 4.74 Å². The Morgan fingerprint density at radius 1 is 1.48 bits per heavy atom. The summed E-state index contributed by atoms with van der Waals surface area (Å²) in [5.74, 6) is 1.18. The Kier molecular flexibility index (Phi) is 3.57. The minimum absolute atomic E-state index is 0.0719. The third-order valence-corrected chi connectivity index (χ3v) is 5.62. The second-order valence-corrected chi connectivity index (χ2v) is 6.96. The summed E-state index contributed by atoms with van der Waals surface area (Å²) in [5, 5.41) is 2.88. The molecule has 0 unspecified atom stereocenters. The first-order chi connectivity index (χ1) is 10.0. The van der Waals surface area contributed by atoms with Gasteiger partial charge in [-0.2, -0.15) is 0 Å². The summed E-state index contributed by atoms with van der Waals surface area (Å²) in [6.45, 7) is 2.04. The van der Waals surface area contributed by atoms with Crippen LogP contribution in [0.2, 0.25) is 0 Å². The molecule has 1 N–H and O–H groups in total. The molecule has 0 bridgehead atoms. The van der Waals surface area contributed by atoms with Crippen LogP contribution in [0.15, 0.2) is 24.3 Å². The van der Waals surface area contributed by atoms with Crippen molar-refractivity contribution in [3.8, 4) is 5.75 Å². The van der Waals surface area contributed by atoms with Gasteiger partial charge in [0, 0.05) is 12.2 Å². The van der Waals surface area contributed by atoms with Gasteiger partial charge in [0.1, 0.15) is 11.8 Å². The predicted molar refractivity (Wildman–Crippen MR) is 82.4 cm³/mol. The fourth-order valence-electron chi connectivity index (χ4n) is 2.98. The van der Waals surface area contributed by atoms with Gasteiger partial charge in [0.25, 0.3) is 0 Å². The number of nitrogens with zero attached hydrogens (tertiary/aromatic N) is 1. The van der Waals surface area contributed by atoms with Gasteiger partial charge < -0.3 is 15.0 Å². The number of anilines is 1. The molecule has 5 nitrogen and oxygen atoms in total. The number of methoxy groups -OCH3 is 1. The van der Waals surface area contributed by atoms with E-state index in [1.807, 2.05) is 19.1 Å². The molecule has 3 rings (SSSR count). The number of rotatable bonds is 3. The van der Waals surface area contributed by atoms with E-state index >= 15 is 0 Å². The standard InChI is InChI=1S/C15H18N2O3S/c1-15-8-7-13(18)17(15)11(9-21-15)14(19)16-10-5-3-4-6-12(10)20-2/h3-6,11H,7-9H2,1-2H3,(H,16,19)/t11-,15-/m1/s1. The highest BCUT2D eigenvalue weighted by molar-refractivity contribution is 8.01. The number of ether oxygens (including phenoxy) is 1. The molecule has 2 heterocycles. The van der Waals surface area contributed by atoms with Crippen LogP contribution in [0.1, 0.15) is 19.8 Å². The predicted octanol–water partition coefficient (Wildman–Crippen LogP) is 2.09. The van der Waals surface area contributed by atoms with E-state index in [1.165, 1.54) is 0 Å². The van der Waals surface area contributed by atoms with Crippen LogP contribution in [0.25, 0.3) is 0 Å². The van der Waals surface area contributed by atoms with E-state index in [0.29, 0.717) is 23.6 Å². The molecule has 2 saturated heterocycles. The first-order valence-corrected chi connectivity index (χ1v) is 7.94. The Morgan fingerprint density at radius 3 is 3.00 bits per heavy atom. The quantitative estimate of drug-likeness (QED) is 0.929. The molecule has 0 radical (unpaired) electrons. The van der Waals surface area contributed by atoms with Gasteiger partial charge in [0.15, 0.2) is 0 Å². The number of hydrogen-bond donors (Lipinski definition) is 1. The van der Waals surface area contributed by atoms with Crippen LogP contribution in [0.5, 0.6) is 5.75 Å². The molecule has 2 aliphatic heterocycles. The number of fused-ring (bicyclic) bond motifs is 1. The maximum Gasteiger partial charge on any atom is 0.248 e. The summed E-state index contributed by atoms with van der Waals surface area (Å²) < 4.78 is 5.24. The summed E-state index contributed by atoms with van der Waals surface area (Å²) >= 11 is 1.69. The zero-order valence-corrected chi connectivity index (χ0v) is 12.9. The normalized spacial score (nSPS) is 27.6. The maximum atomic E-state index is 12.5. The molecule has 2 atom stereocenters. The first-order valence-electron chi connectivity index (χ1n) is 6.95. The number of thioether (sulfide) groups is 1. The van der Waals surface area contributed by atoms with E-state index in [-0.39, 0.29) is 16.7 Å². The van der Waals surface area contributed by atoms with Crippen molar-refractivity contribution in [2.24, 2.45) is 0 Å². The van der Waals surface area contributed by atoms with Crippen LogP contribution in [0.4, 0.5) is 5.69 Å². The molecule has 1 aromatic carbocycles. The number of benzene rings is 1. The molecule has 21 heavy (non-hydrogen) atoms. The molecule has 2 fully saturated rings. The zero-order valence-electron chi connectivity index (χ0n) is 12.1. The van der Waals surface area contributed by atoms with Gasteiger partial charge in [-0.15, -0.1) is 11.8 Å². The van der Waals surface area contributed by atoms with Crippen molar-refractivity contribution >= 4 is 29.3 Å². The van der Waals surface area contributed by atoms with Crippen molar-refractivity contribution in [3.05, 3.63) is 24.3 Å². The molecular formula is C15H18N2O3S. The van der Waals surface area contributed by atoms with E-state index < -0.39 is 6.04 Å². The second kappa shape index (κ2) is 5.26. The van der Waals surface area contributed by atoms with Gasteiger partial charge in [-0.25, -0.2) is 0 Å². The second-order valence-electron chi connectivity index (χ2n) is 5.46. The van der Waals surface area contributed by atoms with Crippen molar-refractivity contribution in [1.82, 2.24) is 4.90 Å². The smallest absolute Gasteiger partial charge is 0.248 e. The van der Waals surface area contributed by atoms with Crippen molar-refractivity contribution in [1.29, 1.82) is 0 Å². The van der Waals surface area contributed by atoms with E-state index in [0.717, 1.165) is 6.42 Å². The molecular weight excluding hydrogens is 288 g/mol. The van der Waals surface area contributed by atoms with Gasteiger partial charge in [0.05, 0.1) is 17.7 Å². The van der Waals surface area contributed by atoms with Gasteiger partial charge in [-0.3, -0.25) is 9.59 Å². The van der Waals surface area contributed by atoms with E-state index in [2.05, 4.69) is 5.32 Å². The summed E-state index contributed by atoms with van der Waals surface area (Å²) in [7, 11) is 1.57. The summed E-state index contributed by atoms with van der Waals surface area (Å²) in [6.07, 6.45) is 1.34. The van der Waals surface area contributed by atoms with Gasteiger partial charge >= 0.3 is 0 Å². The number of para-hydroxylation sites is 2. The van der Waals surface area contributed by atoms with Crippen molar-refractivity contribution in [3.63, 3.8) is 0 Å². The molecule has 2 amide bonds. The van der Waals surface area contributed by atoms with Crippen molar-refractivity contribution in [2.45, 2.75) is 30.7 Å². The van der Waals surface area contributed by atoms with Crippen LogP contribution >= 0.6 is 11.8 Å². The first kappa shape index (κ1) is 14.3. The molecule has 0 aliphatic carbocycles. The average Bonchev–Trinajstić information content (AvgIpc) is 2.97. The lowest BCUT2D eigenvalue weighted by atomic mass is 10.2. The Labute approximate surface area is 128 Å². The highest BCUT2D eigenvalue weighted by atomic mass is 32.2. The lowest BCUT2D eigenvalue weighted by Gasteiger charge is -2.29. The lowest BCUT2D eigenvalue weighted by molar-refractivity contribution is -0.135. The topological polar surface area (TPSA) is 58.6 Å². The lowest BCUT2D eigenvalue weighted by Crippen LogP contribution is -2.48. The molecule has 112 valence electrons. The van der Waals surface area contributed by atoms with E-state index in [9.17, 15) is 9.59 Å². The Bertz CT molecular complexity index is 592. The number of carbonyl (C=O) groups is 2. The zero-order chi connectivity index (χ0) is 15.0. The van der Waals surface area contributed by atoms with Crippen molar-refractivity contribution < 1.29 is 14.3 Å². The van der Waals surface area contributed by atoms with Gasteiger partial charge in [-0.05, 0) is 25.5 Å². The third-order valence-electron chi connectivity index (χ3n) is 4.11. The molecule has 0 saturated carbocycles. The number of amides is 2. The fraction of sp³-hybridized carbons (Fsp3) is 0.467. The molecule has 2 aliphatic rings. The van der Waals surface area contributed by atoms with Crippen LogP contribution < -0.4 is 10.1 Å². The number of hydrogen-bond acceptors (Lipinski definition) is 4. The Hall–Kier alpha value is -1.69. The van der Waals surface area contributed by atoms with Crippen LogP contribution in [-0.2, 0) is 9.59 Å². The maximum absolute atomic E-state index is 12.5.